The zero-order valence-electron chi connectivity index (χ0n) is 15.6. The molecule has 146 valence electrons. The maximum Gasteiger partial charge on any atom is 0.224 e. The lowest BCUT2D eigenvalue weighted by Crippen LogP contribution is -2.39. The summed E-state index contributed by atoms with van der Waals surface area (Å²) in [4.78, 5) is 28.3. The molecule has 0 saturated carbocycles. The molecule has 1 atom stereocenters. The van der Waals surface area contributed by atoms with E-state index in [9.17, 15) is 9.59 Å². The molecular formula is C19H30ClN3O3. The van der Waals surface area contributed by atoms with E-state index < -0.39 is 0 Å². The molecule has 0 aromatic heterocycles. The molecular weight excluding hydrogens is 354 g/mol. The van der Waals surface area contributed by atoms with E-state index in [1.807, 2.05) is 41.0 Å². The van der Waals surface area contributed by atoms with Gasteiger partial charge in [0.25, 0.3) is 0 Å². The first-order valence-electron chi connectivity index (χ1n) is 8.93. The van der Waals surface area contributed by atoms with E-state index in [1.165, 1.54) is 0 Å². The van der Waals surface area contributed by atoms with E-state index in [1.54, 1.807) is 7.11 Å². The number of methoxy groups -OCH3 is 1. The normalized spacial score (nSPS) is 15.7. The molecule has 0 spiro atoms. The van der Waals surface area contributed by atoms with Crippen molar-refractivity contribution in [3.05, 3.63) is 29.8 Å². The maximum absolute atomic E-state index is 12.5. The minimum Gasteiger partial charge on any atom is -0.497 e. The second kappa shape index (κ2) is 11.0. The van der Waals surface area contributed by atoms with Crippen LogP contribution in [0.3, 0.4) is 0 Å². The van der Waals surface area contributed by atoms with Gasteiger partial charge in [0.05, 0.1) is 7.11 Å². The number of hydrogen-bond acceptors (Lipinski definition) is 4. The third kappa shape index (κ3) is 6.84. The molecule has 1 unspecified atom stereocenters. The number of halogens is 1. The number of nitrogens with zero attached hydrogens (tertiary/aromatic N) is 2. The first-order chi connectivity index (χ1) is 12.0. The predicted molar refractivity (Wildman–Crippen MR) is 105 cm³/mol. The molecule has 0 bridgehead atoms. The van der Waals surface area contributed by atoms with Crippen molar-refractivity contribution in [1.29, 1.82) is 0 Å². The summed E-state index contributed by atoms with van der Waals surface area (Å²) in [6.07, 6.45) is 2.39. The van der Waals surface area contributed by atoms with Gasteiger partial charge in [0.1, 0.15) is 5.75 Å². The number of carbonyl (C=O) groups is 2. The van der Waals surface area contributed by atoms with Crippen LogP contribution in [-0.2, 0) is 16.0 Å². The van der Waals surface area contributed by atoms with Gasteiger partial charge < -0.3 is 20.3 Å². The van der Waals surface area contributed by atoms with Crippen LogP contribution in [0.2, 0.25) is 0 Å². The Balaban J connectivity index is 0.00000338. The molecule has 2 N–H and O–H groups in total. The Morgan fingerprint density at radius 2 is 1.65 bits per heavy atom. The Morgan fingerprint density at radius 1 is 1.08 bits per heavy atom. The van der Waals surface area contributed by atoms with Gasteiger partial charge in [0.15, 0.2) is 0 Å². The van der Waals surface area contributed by atoms with E-state index in [4.69, 9.17) is 10.5 Å². The van der Waals surface area contributed by atoms with Gasteiger partial charge in [-0.15, -0.1) is 12.4 Å². The van der Waals surface area contributed by atoms with Crippen molar-refractivity contribution < 1.29 is 14.3 Å². The minimum atomic E-state index is -0.127. The van der Waals surface area contributed by atoms with Crippen molar-refractivity contribution in [1.82, 2.24) is 9.80 Å². The van der Waals surface area contributed by atoms with Gasteiger partial charge in [-0.3, -0.25) is 9.59 Å². The van der Waals surface area contributed by atoms with Crippen molar-refractivity contribution in [3.8, 4) is 5.75 Å². The number of rotatable bonds is 6. The molecule has 7 heteroatoms. The summed E-state index contributed by atoms with van der Waals surface area (Å²) in [5.74, 6) is 1.05. The fourth-order valence-corrected chi connectivity index (χ4v) is 3.02. The lowest BCUT2D eigenvalue weighted by molar-refractivity contribution is -0.133. The lowest BCUT2D eigenvalue weighted by Gasteiger charge is -2.23. The third-order valence-electron chi connectivity index (χ3n) is 4.48. The second-order valence-corrected chi connectivity index (χ2v) is 6.64. The molecule has 1 saturated heterocycles. The minimum absolute atomic E-state index is 0. The molecule has 1 aliphatic heterocycles. The van der Waals surface area contributed by atoms with E-state index in [0.29, 0.717) is 45.4 Å². The predicted octanol–water partition coefficient (Wildman–Crippen LogP) is 1.85. The smallest absolute Gasteiger partial charge is 0.224 e. The van der Waals surface area contributed by atoms with Crippen molar-refractivity contribution in [3.63, 3.8) is 0 Å². The van der Waals surface area contributed by atoms with Gasteiger partial charge in [0.2, 0.25) is 11.8 Å². The third-order valence-corrected chi connectivity index (χ3v) is 4.48. The fraction of sp³-hybridized carbons (Fsp3) is 0.579. The first-order valence-corrected chi connectivity index (χ1v) is 8.93. The van der Waals surface area contributed by atoms with E-state index >= 15 is 0 Å². The summed E-state index contributed by atoms with van der Waals surface area (Å²) < 4.78 is 5.14. The van der Waals surface area contributed by atoms with E-state index in [0.717, 1.165) is 17.7 Å². The van der Waals surface area contributed by atoms with E-state index in [2.05, 4.69) is 0 Å². The maximum atomic E-state index is 12.5. The Morgan fingerprint density at radius 3 is 2.19 bits per heavy atom. The van der Waals surface area contributed by atoms with Crippen molar-refractivity contribution in [2.45, 2.75) is 38.6 Å². The number of hydrogen-bond donors (Lipinski definition) is 1. The van der Waals surface area contributed by atoms with E-state index in [-0.39, 0.29) is 30.3 Å². The molecule has 1 aliphatic rings. The Hall–Kier alpha value is -1.79. The van der Waals surface area contributed by atoms with Crippen molar-refractivity contribution >= 4 is 24.2 Å². The van der Waals surface area contributed by atoms with Crippen LogP contribution in [-0.4, -0.2) is 60.9 Å². The topological polar surface area (TPSA) is 75.9 Å². The summed E-state index contributed by atoms with van der Waals surface area (Å²) in [5.41, 5.74) is 6.83. The number of carbonyl (C=O) groups excluding carboxylic acids is 2. The number of aryl methyl sites for hydroxylation is 1. The monoisotopic (exact) mass is 383 g/mol. The van der Waals surface area contributed by atoms with Gasteiger partial charge in [0, 0.05) is 45.1 Å². The highest BCUT2D eigenvalue weighted by atomic mass is 35.5. The summed E-state index contributed by atoms with van der Waals surface area (Å²) in [7, 11) is 1.64. The van der Waals surface area contributed by atoms with Crippen LogP contribution in [0, 0.1) is 0 Å². The SMILES string of the molecule is COc1ccc(CCC(=O)N2CCCN(C(=O)CC(C)N)CC2)cc1.Cl. The standard InChI is InChI=1S/C19H29N3O3.ClH/c1-15(20)14-19(24)22-11-3-10-21(12-13-22)18(23)9-6-16-4-7-17(25-2)8-5-16;/h4-5,7-8,15H,3,6,9-14,20H2,1-2H3;1H. The van der Waals surface area contributed by atoms with Gasteiger partial charge in [-0.2, -0.15) is 0 Å². The summed E-state index contributed by atoms with van der Waals surface area (Å²) in [5, 5.41) is 0. The first kappa shape index (κ1) is 22.3. The van der Waals surface area contributed by atoms with Crippen LogP contribution < -0.4 is 10.5 Å². The second-order valence-electron chi connectivity index (χ2n) is 6.64. The van der Waals surface area contributed by atoms with Crippen LogP contribution in [0.15, 0.2) is 24.3 Å². The highest BCUT2D eigenvalue weighted by molar-refractivity contribution is 5.85. The van der Waals surface area contributed by atoms with Gasteiger partial charge in [-0.25, -0.2) is 0 Å². The Bertz CT molecular complexity index is 578. The molecule has 0 radical (unpaired) electrons. The quantitative estimate of drug-likeness (QED) is 0.813. The average molecular weight is 384 g/mol. The van der Waals surface area contributed by atoms with Crippen LogP contribution in [0.1, 0.15) is 31.7 Å². The summed E-state index contributed by atoms with van der Waals surface area (Å²) in [6.45, 7) is 4.45. The molecule has 6 nitrogen and oxygen atoms in total. The highest BCUT2D eigenvalue weighted by Crippen LogP contribution is 2.14. The zero-order valence-corrected chi connectivity index (χ0v) is 16.5. The molecule has 1 aromatic carbocycles. The molecule has 0 aliphatic carbocycles. The summed E-state index contributed by atoms with van der Waals surface area (Å²) >= 11 is 0. The van der Waals surface area contributed by atoms with Crippen molar-refractivity contribution in [2.24, 2.45) is 5.73 Å². The number of benzene rings is 1. The van der Waals surface area contributed by atoms with Gasteiger partial charge >= 0.3 is 0 Å². The van der Waals surface area contributed by atoms with Gasteiger partial charge in [-0.1, -0.05) is 12.1 Å². The largest absolute Gasteiger partial charge is 0.497 e. The van der Waals surface area contributed by atoms with Crippen LogP contribution in [0.4, 0.5) is 0 Å². The van der Waals surface area contributed by atoms with Crippen LogP contribution in [0.5, 0.6) is 5.75 Å². The fourth-order valence-electron chi connectivity index (χ4n) is 3.02. The average Bonchev–Trinajstić information content (AvgIpc) is 2.86. The zero-order chi connectivity index (χ0) is 18.2. The number of ether oxygens (including phenoxy) is 1. The molecule has 1 fully saturated rings. The molecule has 2 rings (SSSR count). The van der Waals surface area contributed by atoms with Crippen LogP contribution in [0.25, 0.3) is 0 Å². The molecule has 26 heavy (non-hydrogen) atoms. The highest BCUT2D eigenvalue weighted by Gasteiger charge is 2.22. The molecule has 1 aromatic rings. The van der Waals surface area contributed by atoms with Crippen LogP contribution >= 0.6 is 12.4 Å². The van der Waals surface area contributed by atoms with Gasteiger partial charge in [-0.05, 0) is 37.5 Å². The number of amides is 2. The summed E-state index contributed by atoms with van der Waals surface area (Å²) in [6, 6.07) is 7.67. The molecule has 1 heterocycles. The Kier molecular flexibility index (Phi) is 9.44. The Labute approximate surface area is 162 Å². The number of nitrogens with two attached hydrogens (primary N) is 1. The lowest BCUT2D eigenvalue weighted by atomic mass is 10.1. The molecule has 2 amide bonds. The van der Waals surface area contributed by atoms with Crippen molar-refractivity contribution in [2.75, 3.05) is 33.3 Å².